The summed E-state index contributed by atoms with van der Waals surface area (Å²) in [7, 11) is 0. The van der Waals surface area contributed by atoms with Crippen molar-refractivity contribution in [2.45, 2.75) is 25.7 Å². The van der Waals surface area contributed by atoms with Crippen LogP contribution < -0.4 is 0 Å². The molecule has 2 aliphatic rings. The molecule has 0 aliphatic heterocycles. The molecule has 4 nitrogen and oxygen atoms in total. The number of allylic oxidation sites excluding steroid dienone is 8. The summed E-state index contributed by atoms with van der Waals surface area (Å²) >= 11 is 0. The Morgan fingerprint density at radius 1 is 0.607 bits per heavy atom. The van der Waals surface area contributed by atoms with Crippen LogP contribution in [0.3, 0.4) is 0 Å². The van der Waals surface area contributed by atoms with Crippen LogP contribution in [-0.2, 0) is 0 Å². The first-order chi connectivity index (χ1) is 13.7. The van der Waals surface area contributed by atoms with E-state index >= 15 is 0 Å². The molecule has 0 spiro atoms. The molecular formula is C24H20N2O2. The number of hydrogen-bond acceptors (Lipinski definition) is 4. The van der Waals surface area contributed by atoms with Crippen molar-refractivity contribution >= 4 is 33.0 Å². The normalized spacial score (nSPS) is 17.1. The minimum atomic E-state index is 0.380. The molecule has 0 radical (unpaired) electrons. The molecule has 4 heteroatoms. The summed E-state index contributed by atoms with van der Waals surface area (Å²) in [4.78, 5) is 9.71. The summed E-state index contributed by atoms with van der Waals surface area (Å²) in [6.07, 6.45) is 11.0. The molecule has 28 heavy (non-hydrogen) atoms. The highest BCUT2D eigenvalue weighted by Crippen LogP contribution is 2.31. The van der Waals surface area contributed by atoms with E-state index in [0.717, 1.165) is 57.2 Å². The van der Waals surface area contributed by atoms with E-state index in [2.05, 4.69) is 12.2 Å². The quantitative estimate of drug-likeness (QED) is 0.543. The van der Waals surface area contributed by atoms with Crippen LogP contribution in [0.15, 0.2) is 72.2 Å². The predicted octanol–water partition coefficient (Wildman–Crippen LogP) is 6.02. The Bertz CT molecular complexity index is 1140. The van der Waals surface area contributed by atoms with Gasteiger partial charge in [-0.2, -0.15) is 0 Å². The molecule has 0 atom stereocenters. The van der Waals surface area contributed by atoms with E-state index in [4.69, 9.17) is 9.97 Å². The fraction of sp³-hybridized carbons (Fsp3) is 0.167. The maximum atomic E-state index is 10.3. The van der Waals surface area contributed by atoms with Gasteiger partial charge >= 0.3 is 0 Å². The van der Waals surface area contributed by atoms with Gasteiger partial charge in [0.1, 0.15) is 11.5 Å². The fourth-order valence-electron chi connectivity index (χ4n) is 3.84. The SMILES string of the molecule is OC1=C(c2ccc3ccc4ccc(C5=C(O)CCC=C5)nc4c3n2)C=CCC1. The van der Waals surface area contributed by atoms with E-state index in [0.29, 0.717) is 24.4 Å². The third kappa shape index (κ3) is 2.78. The van der Waals surface area contributed by atoms with Gasteiger partial charge in [-0.1, -0.05) is 48.6 Å². The van der Waals surface area contributed by atoms with Gasteiger partial charge in [0.25, 0.3) is 0 Å². The van der Waals surface area contributed by atoms with Crippen LogP contribution >= 0.6 is 0 Å². The highest BCUT2D eigenvalue weighted by Gasteiger charge is 2.15. The number of fused-ring (bicyclic) bond motifs is 3. The lowest BCUT2D eigenvalue weighted by molar-refractivity contribution is 0.390. The molecule has 5 rings (SSSR count). The molecule has 2 aliphatic carbocycles. The smallest absolute Gasteiger partial charge is 0.102 e. The lowest BCUT2D eigenvalue weighted by Gasteiger charge is -2.13. The summed E-state index contributed by atoms with van der Waals surface area (Å²) in [5.41, 5.74) is 4.65. The van der Waals surface area contributed by atoms with Gasteiger partial charge in [0, 0.05) is 34.8 Å². The van der Waals surface area contributed by atoms with Crippen molar-refractivity contribution in [3.05, 3.63) is 83.6 Å². The molecule has 3 aromatic rings. The first-order valence-electron chi connectivity index (χ1n) is 9.59. The average Bonchev–Trinajstić information content (AvgIpc) is 2.74. The average molecular weight is 368 g/mol. The number of aliphatic hydroxyl groups excluding tert-OH is 2. The zero-order valence-corrected chi connectivity index (χ0v) is 15.4. The zero-order valence-electron chi connectivity index (χ0n) is 15.4. The number of rotatable bonds is 2. The van der Waals surface area contributed by atoms with Crippen molar-refractivity contribution in [3.8, 4) is 0 Å². The number of hydrogen-bond donors (Lipinski definition) is 2. The van der Waals surface area contributed by atoms with Crippen molar-refractivity contribution in [2.75, 3.05) is 0 Å². The molecule has 2 aromatic heterocycles. The van der Waals surface area contributed by atoms with Crippen molar-refractivity contribution in [1.82, 2.24) is 9.97 Å². The Hall–Kier alpha value is -3.40. The monoisotopic (exact) mass is 368 g/mol. The van der Waals surface area contributed by atoms with Crippen molar-refractivity contribution in [3.63, 3.8) is 0 Å². The number of aromatic nitrogens is 2. The van der Waals surface area contributed by atoms with Gasteiger partial charge in [0.05, 0.1) is 22.4 Å². The minimum Gasteiger partial charge on any atom is -0.512 e. The molecular weight excluding hydrogens is 348 g/mol. The molecule has 0 bridgehead atoms. The first kappa shape index (κ1) is 16.8. The Morgan fingerprint density at radius 3 is 1.46 bits per heavy atom. The third-order valence-corrected chi connectivity index (χ3v) is 5.36. The number of pyridine rings is 2. The molecule has 2 N–H and O–H groups in total. The summed E-state index contributed by atoms with van der Waals surface area (Å²) in [6, 6.07) is 12.0. The van der Waals surface area contributed by atoms with Crippen LogP contribution in [0.25, 0.3) is 33.0 Å². The molecule has 0 amide bonds. The Morgan fingerprint density at radius 2 is 1.04 bits per heavy atom. The first-order valence-corrected chi connectivity index (χ1v) is 9.59. The van der Waals surface area contributed by atoms with Crippen LogP contribution in [0, 0.1) is 0 Å². The summed E-state index contributed by atoms with van der Waals surface area (Å²) in [5, 5.41) is 22.6. The fourth-order valence-corrected chi connectivity index (χ4v) is 3.84. The van der Waals surface area contributed by atoms with E-state index in [1.807, 2.05) is 48.6 Å². The zero-order chi connectivity index (χ0) is 19.1. The van der Waals surface area contributed by atoms with Crippen molar-refractivity contribution in [1.29, 1.82) is 0 Å². The van der Waals surface area contributed by atoms with Crippen LogP contribution in [0.2, 0.25) is 0 Å². The Kier molecular flexibility index (Phi) is 3.97. The van der Waals surface area contributed by atoms with Gasteiger partial charge in [0.2, 0.25) is 0 Å². The number of nitrogens with zero attached hydrogens (tertiary/aromatic N) is 2. The number of aliphatic hydroxyl groups is 2. The van der Waals surface area contributed by atoms with Crippen LogP contribution in [-0.4, -0.2) is 20.2 Å². The second-order valence-electron chi connectivity index (χ2n) is 7.20. The summed E-state index contributed by atoms with van der Waals surface area (Å²) in [6.45, 7) is 0. The van der Waals surface area contributed by atoms with E-state index in [1.54, 1.807) is 0 Å². The molecule has 2 heterocycles. The van der Waals surface area contributed by atoms with Gasteiger partial charge < -0.3 is 10.2 Å². The van der Waals surface area contributed by atoms with E-state index in [1.165, 1.54) is 0 Å². The van der Waals surface area contributed by atoms with E-state index in [9.17, 15) is 10.2 Å². The van der Waals surface area contributed by atoms with Gasteiger partial charge in [-0.25, -0.2) is 9.97 Å². The third-order valence-electron chi connectivity index (χ3n) is 5.36. The van der Waals surface area contributed by atoms with Gasteiger partial charge in [-0.05, 0) is 25.0 Å². The van der Waals surface area contributed by atoms with Gasteiger partial charge in [-0.15, -0.1) is 0 Å². The van der Waals surface area contributed by atoms with Gasteiger partial charge in [-0.3, -0.25) is 0 Å². The maximum Gasteiger partial charge on any atom is 0.102 e. The second kappa shape index (κ2) is 6.64. The van der Waals surface area contributed by atoms with E-state index in [-0.39, 0.29) is 0 Å². The second-order valence-corrected chi connectivity index (χ2v) is 7.20. The topological polar surface area (TPSA) is 66.2 Å². The summed E-state index contributed by atoms with van der Waals surface area (Å²) < 4.78 is 0. The van der Waals surface area contributed by atoms with Crippen molar-refractivity contribution in [2.24, 2.45) is 0 Å². The van der Waals surface area contributed by atoms with Crippen LogP contribution in [0.1, 0.15) is 37.1 Å². The maximum absolute atomic E-state index is 10.3. The molecule has 0 unspecified atom stereocenters. The number of benzene rings is 1. The van der Waals surface area contributed by atoms with Crippen LogP contribution in [0.5, 0.6) is 0 Å². The predicted molar refractivity (Wildman–Crippen MR) is 113 cm³/mol. The summed E-state index contributed by atoms with van der Waals surface area (Å²) in [5.74, 6) is 0.760. The molecule has 0 saturated carbocycles. The Balaban J connectivity index is 1.73. The molecule has 138 valence electrons. The molecule has 0 fully saturated rings. The molecule has 0 saturated heterocycles. The minimum absolute atomic E-state index is 0.380. The highest BCUT2D eigenvalue weighted by molar-refractivity contribution is 6.04. The van der Waals surface area contributed by atoms with Crippen molar-refractivity contribution < 1.29 is 10.2 Å². The highest BCUT2D eigenvalue weighted by atomic mass is 16.3. The Labute approximate surface area is 162 Å². The molecule has 1 aromatic carbocycles. The lowest BCUT2D eigenvalue weighted by Crippen LogP contribution is -1.99. The van der Waals surface area contributed by atoms with Gasteiger partial charge in [0.15, 0.2) is 0 Å². The van der Waals surface area contributed by atoms with E-state index < -0.39 is 0 Å². The largest absolute Gasteiger partial charge is 0.512 e. The standard InChI is InChI=1S/C24H20N2O2/c27-21-7-3-1-5-17(21)19-13-11-15-9-10-16-12-14-20(26-24(16)23(15)25-19)18-6-2-4-8-22(18)28/h1-2,5-6,9-14,27-28H,3-4,7-8H2. The van der Waals surface area contributed by atoms with Crippen LogP contribution in [0.4, 0.5) is 0 Å². The lowest BCUT2D eigenvalue weighted by atomic mass is 10.00.